The molecule has 0 fully saturated rings. The zero-order valence-electron chi connectivity index (χ0n) is 8.03. The molecule has 7 heteroatoms. The van der Waals surface area contributed by atoms with Crippen LogP contribution in [-0.4, -0.2) is 8.42 Å². The molecule has 0 heterocycles. The number of benzene rings is 1. The zero-order valence-corrected chi connectivity index (χ0v) is 8.85. The molecule has 0 unspecified atom stereocenters. The number of azide groups is 1. The fourth-order valence-electron chi connectivity index (χ4n) is 1.10. The predicted molar refractivity (Wildman–Crippen MR) is 55.4 cm³/mol. The van der Waals surface area contributed by atoms with Crippen LogP contribution in [-0.2, 0) is 10.0 Å². The van der Waals surface area contributed by atoms with E-state index >= 15 is 0 Å². The smallest absolute Gasteiger partial charge is 0.225 e. The Bertz CT molecular complexity index is 505. The number of nitrogens with zero attached hydrogens (tertiary/aromatic N) is 3. The van der Waals surface area contributed by atoms with Crippen molar-refractivity contribution >= 4 is 10.0 Å². The highest BCUT2D eigenvalue weighted by atomic mass is 32.2. The highest BCUT2D eigenvalue weighted by molar-refractivity contribution is 7.89. The molecular formula is C8H10N4O2S. The molecule has 0 amide bonds. The van der Waals surface area contributed by atoms with Crippen LogP contribution in [0.5, 0.6) is 0 Å². The summed E-state index contributed by atoms with van der Waals surface area (Å²) in [6, 6.07) is 5.60. The van der Waals surface area contributed by atoms with Crippen LogP contribution in [0.15, 0.2) is 34.3 Å². The maximum absolute atomic E-state index is 11.0. The Morgan fingerprint density at radius 3 is 2.73 bits per heavy atom. The number of nitrogens with two attached hydrogens (primary N) is 1. The monoisotopic (exact) mass is 226 g/mol. The van der Waals surface area contributed by atoms with E-state index in [4.69, 9.17) is 10.7 Å². The first kappa shape index (κ1) is 11.5. The summed E-state index contributed by atoms with van der Waals surface area (Å²) in [6.07, 6.45) is 0. The van der Waals surface area contributed by atoms with Crippen molar-refractivity contribution in [2.24, 2.45) is 10.3 Å². The van der Waals surface area contributed by atoms with E-state index in [1.807, 2.05) is 0 Å². The predicted octanol–water partition coefficient (Wildman–Crippen LogP) is 1.71. The fraction of sp³-hybridized carbons (Fsp3) is 0.250. The lowest BCUT2D eigenvalue weighted by molar-refractivity contribution is 0.597. The van der Waals surface area contributed by atoms with Crippen LogP contribution in [0.2, 0.25) is 0 Å². The number of primary sulfonamides is 1. The lowest BCUT2D eigenvalue weighted by Gasteiger charge is -2.06. The first-order chi connectivity index (χ1) is 6.95. The quantitative estimate of drug-likeness (QED) is 0.480. The van der Waals surface area contributed by atoms with Gasteiger partial charge in [-0.2, -0.15) is 0 Å². The molecule has 0 saturated heterocycles. The first-order valence-electron chi connectivity index (χ1n) is 4.12. The van der Waals surface area contributed by atoms with Gasteiger partial charge in [0.25, 0.3) is 0 Å². The first-order valence-corrected chi connectivity index (χ1v) is 5.67. The van der Waals surface area contributed by atoms with Gasteiger partial charge in [-0.3, -0.25) is 0 Å². The largest absolute Gasteiger partial charge is 0.238 e. The van der Waals surface area contributed by atoms with Crippen molar-refractivity contribution in [3.05, 3.63) is 40.3 Å². The maximum atomic E-state index is 11.0. The fourth-order valence-corrected chi connectivity index (χ4v) is 1.66. The highest BCUT2D eigenvalue weighted by Crippen LogP contribution is 2.19. The van der Waals surface area contributed by atoms with Gasteiger partial charge < -0.3 is 0 Å². The summed E-state index contributed by atoms with van der Waals surface area (Å²) in [5.74, 6) is 0. The molecule has 0 radical (unpaired) electrons. The van der Waals surface area contributed by atoms with Crippen LogP contribution < -0.4 is 5.14 Å². The van der Waals surface area contributed by atoms with Gasteiger partial charge >= 0.3 is 0 Å². The summed E-state index contributed by atoms with van der Waals surface area (Å²) in [5.41, 5.74) is 8.85. The normalized spacial score (nSPS) is 12.9. The molecule has 0 saturated carbocycles. The minimum absolute atomic E-state index is 0.0139. The second-order valence-electron chi connectivity index (χ2n) is 3.00. The van der Waals surface area contributed by atoms with Crippen LogP contribution in [0.25, 0.3) is 10.4 Å². The molecule has 1 aromatic carbocycles. The summed E-state index contributed by atoms with van der Waals surface area (Å²) in [5, 5.41) is 8.43. The van der Waals surface area contributed by atoms with Crippen LogP contribution >= 0.6 is 0 Å². The van der Waals surface area contributed by atoms with Gasteiger partial charge in [0.15, 0.2) is 0 Å². The maximum Gasteiger partial charge on any atom is 0.238 e. The van der Waals surface area contributed by atoms with Crippen LogP contribution in [0, 0.1) is 0 Å². The molecule has 15 heavy (non-hydrogen) atoms. The van der Waals surface area contributed by atoms with Crippen molar-refractivity contribution in [1.29, 1.82) is 0 Å². The van der Waals surface area contributed by atoms with Crippen molar-refractivity contribution < 1.29 is 8.42 Å². The minimum atomic E-state index is -3.71. The van der Waals surface area contributed by atoms with E-state index in [-0.39, 0.29) is 4.90 Å². The van der Waals surface area contributed by atoms with E-state index in [1.165, 1.54) is 12.1 Å². The van der Waals surface area contributed by atoms with Gasteiger partial charge in [-0.1, -0.05) is 24.2 Å². The molecule has 0 aliphatic carbocycles. The molecule has 1 atom stereocenters. The lowest BCUT2D eigenvalue weighted by atomic mass is 10.1. The highest BCUT2D eigenvalue weighted by Gasteiger charge is 2.10. The minimum Gasteiger partial charge on any atom is -0.225 e. The molecule has 0 aliphatic rings. The van der Waals surface area contributed by atoms with Gasteiger partial charge in [0, 0.05) is 4.91 Å². The van der Waals surface area contributed by atoms with E-state index < -0.39 is 16.1 Å². The number of rotatable bonds is 3. The third kappa shape index (κ3) is 2.95. The van der Waals surface area contributed by atoms with Crippen molar-refractivity contribution in [3.8, 4) is 0 Å². The van der Waals surface area contributed by atoms with Crippen LogP contribution in [0.3, 0.4) is 0 Å². The van der Waals surface area contributed by atoms with E-state index in [9.17, 15) is 8.42 Å². The van der Waals surface area contributed by atoms with Crippen molar-refractivity contribution in [2.75, 3.05) is 0 Å². The molecule has 80 valence electrons. The average molecular weight is 226 g/mol. The van der Waals surface area contributed by atoms with Crippen LogP contribution in [0.4, 0.5) is 0 Å². The molecule has 0 bridgehead atoms. The zero-order chi connectivity index (χ0) is 11.5. The van der Waals surface area contributed by atoms with Crippen molar-refractivity contribution in [1.82, 2.24) is 0 Å². The molecule has 2 N–H and O–H groups in total. The summed E-state index contributed by atoms with van der Waals surface area (Å²) in [4.78, 5) is 2.66. The Morgan fingerprint density at radius 2 is 2.20 bits per heavy atom. The Labute approximate surface area is 87.4 Å². The molecule has 1 rings (SSSR count). The van der Waals surface area contributed by atoms with E-state index in [2.05, 4.69) is 10.0 Å². The SMILES string of the molecule is C[C@@H](N=[N+]=[N-])c1cccc(S(N)(=O)=O)c1. The van der Waals surface area contributed by atoms with Gasteiger partial charge in [0.05, 0.1) is 10.9 Å². The van der Waals surface area contributed by atoms with E-state index in [1.54, 1.807) is 19.1 Å². The third-order valence-corrected chi connectivity index (χ3v) is 2.80. The number of hydrogen-bond donors (Lipinski definition) is 1. The van der Waals surface area contributed by atoms with E-state index in [0.29, 0.717) is 5.56 Å². The Morgan fingerprint density at radius 1 is 1.53 bits per heavy atom. The van der Waals surface area contributed by atoms with E-state index in [0.717, 1.165) is 0 Å². The average Bonchev–Trinajstić information content (AvgIpc) is 2.17. The summed E-state index contributed by atoms with van der Waals surface area (Å²) in [7, 11) is -3.71. The Kier molecular flexibility index (Phi) is 3.31. The van der Waals surface area contributed by atoms with Gasteiger partial charge in [0.2, 0.25) is 10.0 Å². The molecule has 0 spiro atoms. The second-order valence-corrected chi connectivity index (χ2v) is 4.56. The second kappa shape index (κ2) is 4.31. The molecule has 0 aliphatic heterocycles. The van der Waals surface area contributed by atoms with Gasteiger partial charge in [-0.05, 0) is 23.2 Å². The van der Waals surface area contributed by atoms with Gasteiger partial charge in [-0.25, -0.2) is 13.6 Å². The van der Waals surface area contributed by atoms with Crippen molar-refractivity contribution in [2.45, 2.75) is 17.9 Å². The molecule has 6 nitrogen and oxygen atoms in total. The molecular weight excluding hydrogens is 216 g/mol. The van der Waals surface area contributed by atoms with Crippen LogP contribution in [0.1, 0.15) is 18.5 Å². The van der Waals surface area contributed by atoms with Gasteiger partial charge in [0.1, 0.15) is 0 Å². The van der Waals surface area contributed by atoms with Crippen molar-refractivity contribution in [3.63, 3.8) is 0 Å². The third-order valence-electron chi connectivity index (χ3n) is 1.89. The Hall–Kier alpha value is -1.56. The summed E-state index contributed by atoms with van der Waals surface area (Å²) in [6.45, 7) is 1.67. The lowest BCUT2D eigenvalue weighted by Crippen LogP contribution is -2.12. The molecule has 1 aromatic rings. The topological polar surface area (TPSA) is 109 Å². The van der Waals surface area contributed by atoms with Gasteiger partial charge in [-0.15, -0.1) is 0 Å². The summed E-state index contributed by atoms with van der Waals surface area (Å²) < 4.78 is 22.1. The molecule has 0 aromatic heterocycles. The standard InChI is InChI=1S/C8H10N4O2S/c1-6(11-12-9)7-3-2-4-8(5-7)15(10,13)14/h2-6H,1H3,(H2,10,13,14)/t6-/m1/s1. The number of sulfonamides is 1. The Balaban J connectivity index is 3.19. The summed E-state index contributed by atoms with van der Waals surface area (Å²) >= 11 is 0. The number of hydrogen-bond acceptors (Lipinski definition) is 3.